The van der Waals surface area contributed by atoms with Crippen LogP contribution in [0.15, 0.2) is 84.0 Å². The van der Waals surface area contributed by atoms with Gasteiger partial charge in [0, 0.05) is 5.56 Å². The van der Waals surface area contributed by atoms with E-state index < -0.39 is 6.09 Å². The van der Waals surface area contributed by atoms with E-state index in [1.807, 2.05) is 79.7 Å². The third-order valence-corrected chi connectivity index (χ3v) is 4.60. The summed E-state index contributed by atoms with van der Waals surface area (Å²) < 4.78 is 10.6. The summed E-state index contributed by atoms with van der Waals surface area (Å²) in [6, 6.07) is 24.5. The van der Waals surface area contributed by atoms with E-state index in [0.717, 1.165) is 22.6 Å². The maximum atomic E-state index is 12.1. The smallest absolute Gasteiger partial charge is 0.414 e. The highest BCUT2D eigenvalue weighted by molar-refractivity contribution is 5.98. The maximum absolute atomic E-state index is 12.1. The van der Waals surface area contributed by atoms with Crippen molar-refractivity contribution in [2.75, 3.05) is 18.6 Å². The number of benzene rings is 3. The molecular weight excluding hydrogens is 404 g/mol. The summed E-state index contributed by atoms with van der Waals surface area (Å²) in [6.45, 7) is 2.11. The van der Waals surface area contributed by atoms with Gasteiger partial charge in [0.1, 0.15) is 18.1 Å². The second-order valence-electron chi connectivity index (χ2n) is 6.78. The fraction of sp³-hybridized carbons (Fsp3) is 0.154. The van der Waals surface area contributed by atoms with E-state index in [1.54, 1.807) is 6.07 Å². The van der Waals surface area contributed by atoms with Gasteiger partial charge < -0.3 is 14.3 Å². The Bertz CT molecular complexity index is 1100. The molecule has 0 aliphatic carbocycles. The van der Waals surface area contributed by atoms with Crippen LogP contribution >= 0.6 is 0 Å². The second-order valence-corrected chi connectivity index (χ2v) is 6.78. The highest BCUT2D eigenvalue weighted by atomic mass is 16.6. The van der Waals surface area contributed by atoms with Crippen molar-refractivity contribution in [3.8, 4) is 23.8 Å². The molecule has 0 heterocycles. The topological polar surface area (TPSA) is 60.4 Å². The second kappa shape index (κ2) is 11.2. The first kappa shape index (κ1) is 22.4. The number of amides is 1. The molecule has 3 aromatic rings. The van der Waals surface area contributed by atoms with E-state index in [0.29, 0.717) is 11.4 Å². The Kier molecular flexibility index (Phi) is 7.88. The Balaban J connectivity index is 1.66. The average molecular weight is 428 g/mol. The van der Waals surface area contributed by atoms with Crippen LogP contribution in [0.25, 0.3) is 0 Å². The monoisotopic (exact) mass is 428 g/mol. The molecular formula is C26H24N2O4. The molecule has 1 amide bonds. The van der Waals surface area contributed by atoms with Crippen molar-refractivity contribution in [3.63, 3.8) is 0 Å². The molecule has 6 heteroatoms. The number of ether oxygens (including phenoxy) is 2. The van der Waals surface area contributed by atoms with Crippen LogP contribution in [-0.4, -0.2) is 25.5 Å². The van der Waals surface area contributed by atoms with E-state index in [4.69, 9.17) is 20.7 Å². The van der Waals surface area contributed by atoms with Crippen molar-refractivity contribution in [1.82, 2.24) is 0 Å². The lowest BCUT2D eigenvalue weighted by atomic mass is 10.1. The number of hydrogen-bond acceptors (Lipinski definition) is 5. The van der Waals surface area contributed by atoms with Gasteiger partial charge in [0.05, 0.1) is 25.1 Å². The van der Waals surface area contributed by atoms with Crippen LogP contribution in [0.2, 0.25) is 0 Å². The van der Waals surface area contributed by atoms with Gasteiger partial charge in [-0.1, -0.05) is 47.5 Å². The summed E-state index contributed by atoms with van der Waals surface area (Å²) >= 11 is 0. The molecule has 6 nitrogen and oxygen atoms in total. The zero-order valence-electron chi connectivity index (χ0n) is 18.0. The molecule has 0 spiro atoms. The van der Waals surface area contributed by atoms with Crippen LogP contribution in [-0.2, 0) is 16.2 Å². The zero-order valence-corrected chi connectivity index (χ0v) is 18.0. The molecule has 0 bridgehead atoms. The van der Waals surface area contributed by atoms with Crippen molar-refractivity contribution in [2.24, 2.45) is 5.16 Å². The van der Waals surface area contributed by atoms with Gasteiger partial charge in [0.15, 0.2) is 0 Å². The minimum Gasteiger partial charge on any atom is -0.457 e. The number of carbonyl (C=O) groups excluding carboxylic acids is 1. The number of oxime groups is 1. The van der Waals surface area contributed by atoms with Gasteiger partial charge >= 0.3 is 6.09 Å². The van der Waals surface area contributed by atoms with Gasteiger partial charge in [-0.2, -0.15) is 0 Å². The predicted octanol–water partition coefficient (Wildman–Crippen LogP) is 5.63. The highest BCUT2D eigenvalue weighted by Gasteiger charge is 2.18. The third kappa shape index (κ3) is 5.89. The molecule has 0 atom stereocenters. The molecule has 0 fully saturated rings. The predicted molar refractivity (Wildman–Crippen MR) is 125 cm³/mol. The minimum absolute atomic E-state index is 0.0867. The third-order valence-electron chi connectivity index (χ3n) is 4.60. The van der Waals surface area contributed by atoms with Crippen molar-refractivity contribution in [1.29, 1.82) is 0 Å². The van der Waals surface area contributed by atoms with E-state index in [2.05, 4.69) is 11.1 Å². The molecule has 0 radical (unpaired) electrons. The lowest BCUT2D eigenvalue weighted by molar-refractivity contribution is 0.130. The van der Waals surface area contributed by atoms with Crippen molar-refractivity contribution in [3.05, 3.63) is 90.0 Å². The molecule has 0 unspecified atom stereocenters. The Morgan fingerprint density at radius 1 is 0.969 bits per heavy atom. The summed E-state index contributed by atoms with van der Waals surface area (Å²) in [4.78, 5) is 19.0. The standard InChI is InChI=1S/C26H24N2O4/c1-4-18-28(26(29)30-3)25-13-9-8-10-22(25)19-31-27-20(2)21-14-16-24(17-15-21)32-23-11-6-5-7-12-23/h1,5-17H,18-19H2,2-3H3. The molecule has 32 heavy (non-hydrogen) atoms. The number of para-hydroxylation sites is 2. The molecule has 0 saturated heterocycles. The molecule has 3 aromatic carbocycles. The average Bonchev–Trinajstić information content (AvgIpc) is 2.83. The Morgan fingerprint density at radius 2 is 1.62 bits per heavy atom. The van der Waals surface area contributed by atoms with Crippen LogP contribution in [0, 0.1) is 12.3 Å². The van der Waals surface area contributed by atoms with E-state index in [9.17, 15) is 4.79 Å². The molecule has 3 rings (SSSR count). The number of carbonyl (C=O) groups is 1. The van der Waals surface area contributed by atoms with Crippen LogP contribution in [0.1, 0.15) is 18.1 Å². The van der Waals surface area contributed by atoms with Crippen LogP contribution in [0.5, 0.6) is 11.5 Å². The summed E-state index contributed by atoms with van der Waals surface area (Å²) in [5.41, 5.74) is 2.99. The number of anilines is 1. The highest BCUT2D eigenvalue weighted by Crippen LogP contribution is 2.23. The fourth-order valence-electron chi connectivity index (χ4n) is 2.99. The number of hydrogen-bond donors (Lipinski definition) is 0. The summed E-state index contributed by atoms with van der Waals surface area (Å²) in [7, 11) is 1.31. The lowest BCUT2D eigenvalue weighted by Gasteiger charge is -2.21. The first-order valence-corrected chi connectivity index (χ1v) is 9.99. The van der Waals surface area contributed by atoms with Gasteiger partial charge in [-0.25, -0.2) is 4.79 Å². The van der Waals surface area contributed by atoms with Crippen molar-refractivity contribution >= 4 is 17.5 Å². The summed E-state index contributed by atoms with van der Waals surface area (Å²) in [5.74, 6) is 3.98. The Labute approximate surface area is 188 Å². The zero-order chi connectivity index (χ0) is 22.8. The Morgan fingerprint density at radius 3 is 2.31 bits per heavy atom. The summed E-state index contributed by atoms with van der Waals surface area (Å²) in [5, 5.41) is 4.22. The van der Waals surface area contributed by atoms with Crippen molar-refractivity contribution in [2.45, 2.75) is 13.5 Å². The van der Waals surface area contributed by atoms with Gasteiger partial charge in [-0.05, 0) is 55.0 Å². The molecule has 0 aliphatic heterocycles. The SMILES string of the molecule is C#CCN(C(=O)OC)c1ccccc1CON=C(C)c1ccc(Oc2ccccc2)cc1. The first-order chi connectivity index (χ1) is 15.6. The molecule has 0 aromatic heterocycles. The molecule has 0 saturated carbocycles. The van der Waals surface area contributed by atoms with E-state index >= 15 is 0 Å². The maximum Gasteiger partial charge on any atom is 0.414 e. The van der Waals surface area contributed by atoms with Gasteiger partial charge in [0.2, 0.25) is 0 Å². The summed E-state index contributed by atoms with van der Waals surface area (Å²) in [6.07, 6.45) is 4.87. The number of nitrogens with zero attached hydrogens (tertiary/aromatic N) is 2. The number of methoxy groups -OCH3 is 1. The molecule has 0 N–H and O–H groups in total. The molecule has 0 aliphatic rings. The van der Waals surface area contributed by atoms with E-state index in [1.165, 1.54) is 12.0 Å². The van der Waals surface area contributed by atoms with Crippen LogP contribution in [0.4, 0.5) is 10.5 Å². The number of terminal acetylenes is 1. The van der Waals surface area contributed by atoms with Gasteiger partial charge in [0.25, 0.3) is 0 Å². The minimum atomic E-state index is -0.534. The van der Waals surface area contributed by atoms with E-state index in [-0.39, 0.29) is 13.2 Å². The van der Waals surface area contributed by atoms with Crippen LogP contribution in [0.3, 0.4) is 0 Å². The largest absolute Gasteiger partial charge is 0.457 e. The van der Waals surface area contributed by atoms with Gasteiger partial charge in [-0.3, -0.25) is 4.90 Å². The lowest BCUT2D eigenvalue weighted by Crippen LogP contribution is -2.31. The first-order valence-electron chi connectivity index (χ1n) is 9.99. The van der Waals surface area contributed by atoms with Crippen molar-refractivity contribution < 1.29 is 19.1 Å². The Hall–Kier alpha value is -4.24. The number of rotatable bonds is 8. The van der Waals surface area contributed by atoms with Gasteiger partial charge in [-0.15, -0.1) is 6.42 Å². The quantitative estimate of drug-likeness (QED) is 0.265. The fourth-order valence-corrected chi connectivity index (χ4v) is 2.99. The molecule has 162 valence electrons. The normalized spacial score (nSPS) is 10.7. The van der Waals surface area contributed by atoms with Crippen LogP contribution < -0.4 is 9.64 Å².